The van der Waals surface area contributed by atoms with Crippen LogP contribution in [0, 0.1) is 0 Å². The highest BCUT2D eigenvalue weighted by Gasteiger charge is 2.26. The third-order valence-electron chi connectivity index (χ3n) is 2.39. The predicted molar refractivity (Wildman–Crippen MR) is 51.0 cm³/mol. The maximum absolute atomic E-state index is 10.4. The van der Waals surface area contributed by atoms with Gasteiger partial charge in [0, 0.05) is 13.1 Å². The largest absolute Gasteiger partial charge is 0.370 e. The lowest BCUT2D eigenvalue weighted by molar-refractivity contribution is 0.111. The molecule has 13 heavy (non-hydrogen) atoms. The molecule has 0 N–H and O–H groups in total. The Balaban J connectivity index is 2.16. The van der Waals surface area contributed by atoms with E-state index in [1.165, 1.54) is 12.8 Å². The van der Waals surface area contributed by atoms with Crippen molar-refractivity contribution >= 4 is 12.0 Å². The van der Waals surface area contributed by atoms with Gasteiger partial charge in [-0.15, -0.1) is 0 Å². The fourth-order valence-electron chi connectivity index (χ4n) is 1.35. The minimum Gasteiger partial charge on any atom is -0.370 e. The highest BCUT2D eigenvalue weighted by molar-refractivity contribution is 5.72. The Morgan fingerprint density at radius 1 is 1.54 bits per heavy atom. The van der Waals surface area contributed by atoms with Gasteiger partial charge in [-0.1, -0.05) is 0 Å². The summed E-state index contributed by atoms with van der Waals surface area (Å²) in [7, 11) is 2.06. The zero-order valence-corrected chi connectivity index (χ0v) is 7.60. The molecular weight excluding hydrogens is 164 g/mol. The number of aldehydes is 1. The minimum absolute atomic E-state index is 0.493. The van der Waals surface area contributed by atoms with Gasteiger partial charge in [-0.05, 0) is 25.0 Å². The summed E-state index contributed by atoms with van der Waals surface area (Å²) < 4.78 is 0. The van der Waals surface area contributed by atoms with Gasteiger partial charge in [-0.3, -0.25) is 9.78 Å². The van der Waals surface area contributed by atoms with Crippen LogP contribution in [0.5, 0.6) is 0 Å². The number of rotatable bonds is 3. The zero-order chi connectivity index (χ0) is 9.26. The van der Waals surface area contributed by atoms with Crippen LogP contribution in [0.2, 0.25) is 0 Å². The number of pyridine rings is 1. The van der Waals surface area contributed by atoms with Crippen LogP contribution < -0.4 is 4.90 Å². The number of aromatic nitrogens is 1. The van der Waals surface area contributed by atoms with E-state index in [9.17, 15) is 4.79 Å². The molecule has 3 nitrogen and oxygen atoms in total. The summed E-state index contributed by atoms with van der Waals surface area (Å²) in [6, 6.07) is 4.37. The Labute approximate surface area is 77.4 Å². The van der Waals surface area contributed by atoms with Crippen LogP contribution in [0.3, 0.4) is 0 Å². The predicted octanol–water partition coefficient (Wildman–Crippen LogP) is 1.49. The summed E-state index contributed by atoms with van der Waals surface area (Å²) in [6.07, 6.45) is 5.06. The molecule has 2 rings (SSSR count). The molecule has 1 aromatic heterocycles. The summed E-state index contributed by atoms with van der Waals surface area (Å²) in [5, 5.41) is 0. The van der Waals surface area contributed by atoms with Crippen LogP contribution in [0.1, 0.15) is 23.3 Å². The van der Waals surface area contributed by atoms with Crippen LogP contribution in [0.25, 0.3) is 0 Å². The van der Waals surface area contributed by atoms with Crippen molar-refractivity contribution in [3.05, 3.63) is 24.0 Å². The Hall–Kier alpha value is -1.38. The molecule has 1 aliphatic carbocycles. The van der Waals surface area contributed by atoms with Crippen LogP contribution in [0.15, 0.2) is 18.3 Å². The van der Waals surface area contributed by atoms with E-state index in [1.807, 2.05) is 6.07 Å². The summed E-state index contributed by atoms with van der Waals surface area (Å²) in [6.45, 7) is 0. The molecular formula is C10H12N2O. The van der Waals surface area contributed by atoms with Crippen molar-refractivity contribution in [2.45, 2.75) is 18.9 Å². The first-order chi connectivity index (χ1) is 6.31. The van der Waals surface area contributed by atoms with Gasteiger partial charge in [0.05, 0.1) is 11.9 Å². The number of hydrogen-bond acceptors (Lipinski definition) is 3. The first-order valence-corrected chi connectivity index (χ1v) is 4.45. The highest BCUT2D eigenvalue weighted by atomic mass is 16.1. The standard InChI is InChI=1S/C10H12N2O/c1-12(9-4-5-9)10-3-2-8(7-13)11-6-10/h2-3,6-7,9H,4-5H2,1H3. The number of carbonyl (C=O) groups is 1. The van der Waals surface area contributed by atoms with Gasteiger partial charge in [0.2, 0.25) is 0 Å². The van der Waals surface area contributed by atoms with Gasteiger partial charge in [0.1, 0.15) is 5.69 Å². The lowest BCUT2D eigenvalue weighted by atomic mass is 10.3. The van der Waals surface area contributed by atoms with Crippen molar-refractivity contribution in [2.24, 2.45) is 0 Å². The van der Waals surface area contributed by atoms with E-state index in [2.05, 4.69) is 16.9 Å². The maximum Gasteiger partial charge on any atom is 0.168 e. The minimum atomic E-state index is 0.493. The Bertz CT molecular complexity index is 303. The number of nitrogens with zero attached hydrogens (tertiary/aromatic N) is 2. The molecule has 3 heteroatoms. The molecule has 0 atom stereocenters. The van der Waals surface area contributed by atoms with Crippen molar-refractivity contribution in [3.63, 3.8) is 0 Å². The molecule has 1 aliphatic rings. The molecule has 68 valence electrons. The number of carbonyl (C=O) groups excluding carboxylic acids is 1. The molecule has 1 fully saturated rings. The second kappa shape index (κ2) is 3.17. The third kappa shape index (κ3) is 1.69. The average Bonchev–Trinajstić information content (AvgIpc) is 3.00. The molecule has 1 heterocycles. The Kier molecular flexibility index (Phi) is 2.00. The fourth-order valence-corrected chi connectivity index (χ4v) is 1.35. The molecule has 0 aliphatic heterocycles. The molecule has 1 aromatic rings. The first-order valence-electron chi connectivity index (χ1n) is 4.45. The lowest BCUT2D eigenvalue weighted by Gasteiger charge is -2.17. The smallest absolute Gasteiger partial charge is 0.168 e. The number of anilines is 1. The Morgan fingerprint density at radius 3 is 2.77 bits per heavy atom. The molecule has 0 saturated heterocycles. The second-order valence-corrected chi connectivity index (χ2v) is 3.40. The van der Waals surface area contributed by atoms with Crippen molar-refractivity contribution in [1.82, 2.24) is 4.98 Å². The van der Waals surface area contributed by atoms with E-state index in [4.69, 9.17) is 0 Å². The maximum atomic E-state index is 10.4. The van der Waals surface area contributed by atoms with E-state index in [0.717, 1.165) is 12.0 Å². The summed E-state index contributed by atoms with van der Waals surface area (Å²) >= 11 is 0. The molecule has 1 saturated carbocycles. The topological polar surface area (TPSA) is 33.2 Å². The summed E-state index contributed by atoms with van der Waals surface area (Å²) in [4.78, 5) is 16.6. The van der Waals surface area contributed by atoms with Crippen molar-refractivity contribution in [1.29, 1.82) is 0 Å². The average molecular weight is 176 g/mol. The van der Waals surface area contributed by atoms with Gasteiger partial charge in [-0.2, -0.15) is 0 Å². The van der Waals surface area contributed by atoms with E-state index >= 15 is 0 Å². The van der Waals surface area contributed by atoms with Gasteiger partial charge in [-0.25, -0.2) is 0 Å². The van der Waals surface area contributed by atoms with E-state index in [0.29, 0.717) is 11.7 Å². The fraction of sp³-hybridized carbons (Fsp3) is 0.400. The Morgan fingerprint density at radius 2 is 2.31 bits per heavy atom. The van der Waals surface area contributed by atoms with Crippen LogP contribution >= 0.6 is 0 Å². The van der Waals surface area contributed by atoms with E-state index < -0.39 is 0 Å². The molecule has 0 unspecified atom stereocenters. The van der Waals surface area contributed by atoms with E-state index in [1.54, 1.807) is 12.3 Å². The summed E-state index contributed by atoms with van der Waals surface area (Å²) in [5.41, 5.74) is 1.58. The molecule has 0 bridgehead atoms. The van der Waals surface area contributed by atoms with Crippen molar-refractivity contribution in [2.75, 3.05) is 11.9 Å². The monoisotopic (exact) mass is 176 g/mol. The lowest BCUT2D eigenvalue weighted by Crippen LogP contribution is -2.19. The van der Waals surface area contributed by atoms with Gasteiger partial charge in [0.15, 0.2) is 6.29 Å². The van der Waals surface area contributed by atoms with Crippen LogP contribution in [-0.2, 0) is 0 Å². The zero-order valence-electron chi connectivity index (χ0n) is 7.60. The third-order valence-corrected chi connectivity index (χ3v) is 2.39. The van der Waals surface area contributed by atoms with Crippen molar-refractivity contribution < 1.29 is 4.79 Å². The number of hydrogen-bond donors (Lipinski definition) is 0. The first kappa shape index (κ1) is 8.23. The van der Waals surface area contributed by atoms with E-state index in [-0.39, 0.29) is 0 Å². The quantitative estimate of drug-likeness (QED) is 0.654. The van der Waals surface area contributed by atoms with Crippen LogP contribution in [0.4, 0.5) is 5.69 Å². The van der Waals surface area contributed by atoms with Gasteiger partial charge >= 0.3 is 0 Å². The van der Waals surface area contributed by atoms with Gasteiger partial charge < -0.3 is 4.90 Å². The van der Waals surface area contributed by atoms with Gasteiger partial charge in [0.25, 0.3) is 0 Å². The van der Waals surface area contributed by atoms with Crippen LogP contribution in [-0.4, -0.2) is 24.4 Å². The molecule has 0 aromatic carbocycles. The second-order valence-electron chi connectivity index (χ2n) is 3.40. The molecule has 0 radical (unpaired) electrons. The summed E-state index contributed by atoms with van der Waals surface area (Å²) in [5.74, 6) is 0. The highest BCUT2D eigenvalue weighted by Crippen LogP contribution is 2.29. The molecule has 0 amide bonds. The van der Waals surface area contributed by atoms with Crippen molar-refractivity contribution in [3.8, 4) is 0 Å². The molecule has 0 spiro atoms. The SMILES string of the molecule is CN(c1ccc(C=O)nc1)C1CC1. The normalized spacial score (nSPS) is 15.5.